The van der Waals surface area contributed by atoms with Gasteiger partial charge in [-0.15, -0.1) is 0 Å². The number of benzene rings is 2. The number of rotatable bonds is 9. The lowest BCUT2D eigenvalue weighted by Gasteiger charge is -2.35. The van der Waals surface area contributed by atoms with Gasteiger partial charge in [-0.05, 0) is 24.3 Å². The summed E-state index contributed by atoms with van der Waals surface area (Å²) in [6.45, 7) is 4.57. The van der Waals surface area contributed by atoms with E-state index in [-0.39, 0.29) is 6.61 Å². The smallest absolute Gasteiger partial charge is 0.203 e. The molecule has 1 fully saturated rings. The number of aliphatic hydroxyl groups is 1. The molecule has 1 saturated heterocycles. The Bertz CT molecular complexity index is 755. The summed E-state index contributed by atoms with van der Waals surface area (Å²) in [7, 11) is 4.88. The van der Waals surface area contributed by atoms with Crippen molar-refractivity contribution < 1.29 is 29.0 Å². The number of methoxy groups -OCH3 is 3. The van der Waals surface area contributed by atoms with E-state index in [2.05, 4.69) is 11.0 Å². The third-order valence-corrected chi connectivity index (χ3v) is 5.22. The van der Waals surface area contributed by atoms with Gasteiger partial charge in [0.15, 0.2) is 11.5 Å². The fourth-order valence-corrected chi connectivity index (χ4v) is 3.69. The normalized spacial score (nSPS) is 15.7. The highest BCUT2D eigenvalue weighted by atomic mass is 16.5. The van der Waals surface area contributed by atoms with Crippen molar-refractivity contribution >= 4 is 5.69 Å². The van der Waals surface area contributed by atoms with Crippen LogP contribution in [0.3, 0.4) is 0 Å². The lowest BCUT2D eigenvalue weighted by Crippen LogP contribution is -3.16. The molecule has 1 aliphatic heterocycles. The molecule has 1 atom stereocenters. The summed E-state index contributed by atoms with van der Waals surface area (Å²) in [6.07, 6.45) is -0.572. The summed E-state index contributed by atoms with van der Waals surface area (Å²) in [5.41, 5.74) is 1.13. The first-order chi connectivity index (χ1) is 14.2. The summed E-state index contributed by atoms with van der Waals surface area (Å²) >= 11 is 0. The predicted octanol–water partition coefficient (Wildman–Crippen LogP) is 0.857. The minimum Gasteiger partial charge on any atom is -0.495 e. The quantitative estimate of drug-likeness (QED) is 0.648. The van der Waals surface area contributed by atoms with Gasteiger partial charge in [0.05, 0.1) is 53.2 Å². The second-order valence-electron chi connectivity index (χ2n) is 7.07. The van der Waals surface area contributed by atoms with Crippen LogP contribution in [0.2, 0.25) is 0 Å². The molecular weight excluding hydrogens is 372 g/mol. The molecule has 29 heavy (non-hydrogen) atoms. The molecule has 0 amide bonds. The summed E-state index contributed by atoms with van der Waals surface area (Å²) in [4.78, 5) is 3.70. The third-order valence-electron chi connectivity index (χ3n) is 5.22. The van der Waals surface area contributed by atoms with Crippen LogP contribution >= 0.6 is 0 Å². The van der Waals surface area contributed by atoms with E-state index < -0.39 is 6.10 Å². The zero-order valence-electron chi connectivity index (χ0n) is 17.4. The van der Waals surface area contributed by atoms with Crippen molar-refractivity contribution in [2.75, 3.05) is 65.6 Å². The number of ether oxygens (including phenoxy) is 4. The highest BCUT2D eigenvalue weighted by Crippen LogP contribution is 2.36. The standard InChI is InChI=1S/C22H30N2O5/c1-26-19-8-5-4-7-18(19)24-13-11-23(12-14-24)15-17(25)16-29-22-20(27-2)9-6-10-21(22)28-3/h4-10,17,25H,11-16H2,1-3H3/p+1/t17-/m0/s1. The lowest BCUT2D eigenvalue weighted by molar-refractivity contribution is -0.903. The Morgan fingerprint density at radius 1 is 0.897 bits per heavy atom. The van der Waals surface area contributed by atoms with Crippen molar-refractivity contribution in [3.63, 3.8) is 0 Å². The number of anilines is 1. The molecule has 2 aromatic rings. The summed E-state index contributed by atoms with van der Waals surface area (Å²) in [5.74, 6) is 2.60. The second-order valence-corrected chi connectivity index (χ2v) is 7.07. The Morgan fingerprint density at radius 3 is 2.10 bits per heavy atom. The van der Waals surface area contributed by atoms with Gasteiger partial charge in [-0.1, -0.05) is 18.2 Å². The van der Waals surface area contributed by atoms with Crippen LogP contribution in [0.1, 0.15) is 0 Å². The summed E-state index contributed by atoms with van der Waals surface area (Å²) in [5, 5.41) is 10.5. The molecule has 0 aromatic heterocycles. The van der Waals surface area contributed by atoms with Crippen LogP contribution in [0.4, 0.5) is 5.69 Å². The SMILES string of the molecule is COc1ccccc1N1CC[NH+](C[C@H](O)COc2c(OC)cccc2OC)CC1. The number of hydrogen-bond donors (Lipinski definition) is 2. The minimum absolute atomic E-state index is 0.191. The van der Waals surface area contributed by atoms with Crippen LogP contribution < -0.4 is 28.7 Å². The van der Waals surface area contributed by atoms with Crippen LogP contribution in [-0.2, 0) is 0 Å². The Labute approximate surface area is 172 Å². The van der Waals surface area contributed by atoms with Crippen LogP contribution in [0.5, 0.6) is 23.0 Å². The average molecular weight is 403 g/mol. The van der Waals surface area contributed by atoms with Gasteiger partial charge in [0.2, 0.25) is 5.75 Å². The van der Waals surface area contributed by atoms with E-state index in [4.69, 9.17) is 18.9 Å². The van der Waals surface area contributed by atoms with E-state index in [9.17, 15) is 5.11 Å². The van der Waals surface area contributed by atoms with Crippen molar-refractivity contribution in [2.45, 2.75) is 6.10 Å². The van der Waals surface area contributed by atoms with E-state index in [0.29, 0.717) is 23.8 Å². The van der Waals surface area contributed by atoms with Crippen molar-refractivity contribution in [1.29, 1.82) is 0 Å². The van der Waals surface area contributed by atoms with E-state index in [1.165, 1.54) is 4.90 Å². The van der Waals surface area contributed by atoms with Gasteiger partial charge in [0, 0.05) is 0 Å². The Morgan fingerprint density at radius 2 is 1.48 bits per heavy atom. The molecule has 2 N–H and O–H groups in total. The van der Waals surface area contributed by atoms with Gasteiger partial charge in [-0.2, -0.15) is 0 Å². The molecule has 158 valence electrons. The first-order valence-corrected chi connectivity index (χ1v) is 9.89. The topological polar surface area (TPSA) is 64.8 Å². The van der Waals surface area contributed by atoms with Crippen LogP contribution in [0, 0.1) is 0 Å². The van der Waals surface area contributed by atoms with E-state index in [1.807, 2.05) is 36.4 Å². The summed E-state index contributed by atoms with van der Waals surface area (Å²) in [6, 6.07) is 13.6. The molecule has 1 heterocycles. The van der Waals surface area contributed by atoms with Crippen molar-refractivity contribution in [3.05, 3.63) is 42.5 Å². The molecular formula is C22H31N2O5+. The Balaban J connectivity index is 1.50. The van der Waals surface area contributed by atoms with Crippen LogP contribution in [0.25, 0.3) is 0 Å². The zero-order valence-corrected chi connectivity index (χ0v) is 17.4. The van der Waals surface area contributed by atoms with Crippen molar-refractivity contribution in [3.8, 4) is 23.0 Å². The van der Waals surface area contributed by atoms with E-state index >= 15 is 0 Å². The van der Waals surface area contributed by atoms with Gasteiger partial charge in [0.1, 0.15) is 25.0 Å². The van der Waals surface area contributed by atoms with Gasteiger partial charge < -0.3 is 33.9 Å². The van der Waals surface area contributed by atoms with Gasteiger partial charge in [-0.25, -0.2) is 0 Å². The van der Waals surface area contributed by atoms with Crippen LogP contribution in [-0.4, -0.2) is 71.9 Å². The summed E-state index contributed by atoms with van der Waals surface area (Å²) < 4.78 is 22.0. The first-order valence-electron chi connectivity index (χ1n) is 9.89. The zero-order chi connectivity index (χ0) is 20.6. The largest absolute Gasteiger partial charge is 0.495 e. The molecule has 0 bridgehead atoms. The van der Waals surface area contributed by atoms with E-state index in [0.717, 1.165) is 37.6 Å². The number of aliphatic hydroxyl groups excluding tert-OH is 1. The van der Waals surface area contributed by atoms with Gasteiger partial charge >= 0.3 is 0 Å². The molecule has 0 radical (unpaired) electrons. The minimum atomic E-state index is -0.572. The molecule has 7 heteroatoms. The number of hydrogen-bond acceptors (Lipinski definition) is 6. The Hall–Kier alpha value is -2.64. The molecule has 0 unspecified atom stereocenters. The highest BCUT2D eigenvalue weighted by Gasteiger charge is 2.24. The molecule has 2 aromatic carbocycles. The number of nitrogens with zero attached hydrogens (tertiary/aromatic N) is 1. The first kappa shape index (κ1) is 21.1. The molecule has 0 saturated carbocycles. The second kappa shape index (κ2) is 10.2. The number of quaternary nitrogens is 1. The van der Waals surface area contributed by atoms with Crippen LogP contribution in [0.15, 0.2) is 42.5 Å². The fourth-order valence-electron chi connectivity index (χ4n) is 3.69. The molecule has 0 spiro atoms. The maximum atomic E-state index is 10.5. The van der Waals surface area contributed by atoms with E-state index in [1.54, 1.807) is 21.3 Å². The molecule has 1 aliphatic rings. The monoisotopic (exact) mass is 403 g/mol. The average Bonchev–Trinajstić information content (AvgIpc) is 2.77. The third kappa shape index (κ3) is 5.25. The van der Waals surface area contributed by atoms with Crippen molar-refractivity contribution in [2.24, 2.45) is 0 Å². The molecule has 7 nitrogen and oxygen atoms in total. The lowest BCUT2D eigenvalue weighted by atomic mass is 10.2. The number of nitrogens with one attached hydrogen (secondary N) is 1. The number of para-hydroxylation sites is 3. The van der Waals surface area contributed by atoms with Crippen molar-refractivity contribution in [1.82, 2.24) is 0 Å². The number of piperazine rings is 1. The predicted molar refractivity (Wildman–Crippen MR) is 112 cm³/mol. The van der Waals surface area contributed by atoms with Gasteiger partial charge in [-0.3, -0.25) is 0 Å². The van der Waals surface area contributed by atoms with Gasteiger partial charge in [0.25, 0.3) is 0 Å². The Kier molecular flexibility index (Phi) is 7.43. The highest BCUT2D eigenvalue weighted by molar-refractivity contribution is 5.58. The maximum absolute atomic E-state index is 10.5. The molecule has 3 rings (SSSR count). The maximum Gasteiger partial charge on any atom is 0.203 e. The fraction of sp³-hybridized carbons (Fsp3) is 0.455. The molecule has 0 aliphatic carbocycles.